The van der Waals surface area contributed by atoms with Crippen LogP contribution in [0.25, 0.3) is 0 Å². The Hall–Kier alpha value is -1.59. The van der Waals surface area contributed by atoms with Crippen LogP contribution in [0.1, 0.15) is 43.7 Å². The molecule has 0 spiro atoms. The van der Waals surface area contributed by atoms with Crippen LogP contribution in [-0.2, 0) is 16.6 Å². The molecule has 0 aromatic heterocycles. The lowest BCUT2D eigenvalue weighted by molar-refractivity contribution is -0.169. The van der Waals surface area contributed by atoms with Gasteiger partial charge in [0.05, 0.1) is 19.3 Å². The van der Waals surface area contributed by atoms with Gasteiger partial charge in [-0.15, -0.1) is 0 Å². The highest BCUT2D eigenvalue weighted by Crippen LogP contribution is 2.60. The Balaban J connectivity index is 2.00. The molecule has 3 atom stereocenters. The SMILES string of the molecule is CCOc1c(OC)ccc2c1[C@]13CCN(C)[C@H](C2)[C@]1(O)CCC(=O)C3. The van der Waals surface area contributed by atoms with E-state index in [0.717, 1.165) is 30.7 Å². The summed E-state index contributed by atoms with van der Waals surface area (Å²) >= 11 is 0. The van der Waals surface area contributed by atoms with Gasteiger partial charge in [0.1, 0.15) is 5.78 Å². The molecule has 3 aliphatic rings. The first kappa shape index (κ1) is 16.9. The molecule has 0 unspecified atom stereocenters. The highest BCUT2D eigenvalue weighted by atomic mass is 16.5. The zero-order chi connectivity index (χ0) is 17.8. The Morgan fingerprint density at radius 2 is 2.16 bits per heavy atom. The molecule has 136 valence electrons. The number of rotatable bonds is 3. The summed E-state index contributed by atoms with van der Waals surface area (Å²) in [5.41, 5.74) is 0.749. The van der Waals surface area contributed by atoms with E-state index in [-0.39, 0.29) is 11.8 Å². The lowest BCUT2D eigenvalue weighted by Crippen LogP contribution is -2.72. The fourth-order valence-electron chi connectivity index (χ4n) is 5.54. The quantitative estimate of drug-likeness (QED) is 0.909. The topological polar surface area (TPSA) is 59.0 Å². The van der Waals surface area contributed by atoms with Gasteiger partial charge in [-0.3, -0.25) is 4.79 Å². The van der Waals surface area contributed by atoms with Crippen LogP contribution in [0.4, 0.5) is 0 Å². The number of ether oxygens (including phenoxy) is 2. The van der Waals surface area contributed by atoms with Crippen molar-refractivity contribution in [2.45, 2.75) is 56.1 Å². The maximum atomic E-state index is 12.5. The van der Waals surface area contributed by atoms with Gasteiger partial charge in [0.25, 0.3) is 0 Å². The number of piperidine rings is 1. The Kier molecular flexibility index (Phi) is 3.85. The second-order valence-electron chi connectivity index (χ2n) is 7.74. The molecule has 5 heteroatoms. The first-order chi connectivity index (χ1) is 12.0. The Morgan fingerprint density at radius 3 is 2.88 bits per heavy atom. The van der Waals surface area contributed by atoms with Crippen LogP contribution in [-0.4, -0.2) is 54.7 Å². The zero-order valence-electron chi connectivity index (χ0n) is 15.3. The van der Waals surface area contributed by atoms with Gasteiger partial charge in [-0.05, 0) is 51.4 Å². The van der Waals surface area contributed by atoms with Crippen LogP contribution in [0, 0.1) is 0 Å². The van der Waals surface area contributed by atoms with Gasteiger partial charge < -0.3 is 19.5 Å². The van der Waals surface area contributed by atoms with Gasteiger partial charge in [-0.25, -0.2) is 0 Å². The second-order valence-corrected chi connectivity index (χ2v) is 7.74. The van der Waals surface area contributed by atoms with E-state index >= 15 is 0 Å². The molecule has 1 aromatic carbocycles. The number of hydrogen-bond donors (Lipinski definition) is 1. The standard InChI is InChI=1S/C20H27NO4/c1-4-25-18-15(24-3)6-5-13-11-16-20(23)8-7-14(22)12-19(20,17(13)18)9-10-21(16)2/h5-6,16,23H,4,7-12H2,1-3H3/t16-,19-,20-/m1/s1. The van der Waals surface area contributed by atoms with E-state index < -0.39 is 11.0 Å². The van der Waals surface area contributed by atoms with Crippen LogP contribution in [0.5, 0.6) is 11.5 Å². The number of ketones is 1. The number of carbonyl (C=O) groups is 1. The van der Waals surface area contributed by atoms with Crippen molar-refractivity contribution in [3.05, 3.63) is 23.3 Å². The third-order valence-corrected chi connectivity index (χ3v) is 6.70. The number of likely N-dealkylation sites (N-methyl/N-ethyl adjacent to an activating group) is 1. The smallest absolute Gasteiger partial charge is 0.165 e. The zero-order valence-corrected chi connectivity index (χ0v) is 15.3. The predicted molar refractivity (Wildman–Crippen MR) is 94.4 cm³/mol. The lowest BCUT2D eigenvalue weighted by atomic mass is 9.49. The van der Waals surface area contributed by atoms with Crippen molar-refractivity contribution in [1.82, 2.24) is 4.90 Å². The van der Waals surface area contributed by atoms with Crippen LogP contribution < -0.4 is 9.47 Å². The number of nitrogens with zero attached hydrogens (tertiary/aromatic N) is 1. The van der Waals surface area contributed by atoms with Gasteiger partial charge in [0.15, 0.2) is 11.5 Å². The van der Waals surface area contributed by atoms with Gasteiger partial charge in [0, 0.05) is 29.9 Å². The van der Waals surface area contributed by atoms with Gasteiger partial charge in [-0.1, -0.05) is 6.07 Å². The maximum absolute atomic E-state index is 12.5. The molecule has 2 bridgehead atoms. The van der Waals surface area contributed by atoms with E-state index in [1.807, 2.05) is 13.0 Å². The van der Waals surface area contributed by atoms with Crippen LogP contribution in [0.2, 0.25) is 0 Å². The van der Waals surface area contributed by atoms with Crippen molar-refractivity contribution in [2.24, 2.45) is 0 Å². The average molecular weight is 345 g/mol. The number of likely N-dealkylation sites (tertiary alicyclic amines) is 1. The molecule has 5 nitrogen and oxygen atoms in total. The van der Waals surface area contributed by atoms with E-state index in [1.54, 1.807) is 7.11 Å². The predicted octanol–water partition coefficient (Wildman–Crippen LogP) is 2.08. The number of fused-ring (bicyclic) bond motifs is 1. The number of methoxy groups -OCH3 is 1. The molecule has 0 radical (unpaired) electrons. The molecule has 1 saturated carbocycles. The summed E-state index contributed by atoms with van der Waals surface area (Å²) in [5, 5.41) is 11.9. The highest BCUT2D eigenvalue weighted by molar-refractivity contribution is 5.83. The number of carbonyl (C=O) groups excluding carboxylic acids is 1. The first-order valence-corrected chi connectivity index (χ1v) is 9.24. The van der Waals surface area contributed by atoms with Gasteiger partial charge in [-0.2, -0.15) is 0 Å². The highest BCUT2D eigenvalue weighted by Gasteiger charge is 2.65. The molecule has 1 N–H and O–H groups in total. The molecule has 0 amide bonds. The number of aliphatic hydroxyl groups is 1. The van der Waals surface area contributed by atoms with Crippen molar-refractivity contribution < 1.29 is 19.4 Å². The summed E-state index contributed by atoms with van der Waals surface area (Å²) in [6.45, 7) is 3.36. The van der Waals surface area contributed by atoms with Crippen molar-refractivity contribution in [1.29, 1.82) is 0 Å². The molecule has 1 heterocycles. The fourth-order valence-corrected chi connectivity index (χ4v) is 5.54. The van der Waals surface area contributed by atoms with E-state index in [0.29, 0.717) is 31.6 Å². The van der Waals surface area contributed by atoms with Crippen LogP contribution in [0.15, 0.2) is 12.1 Å². The van der Waals surface area contributed by atoms with Crippen molar-refractivity contribution >= 4 is 5.78 Å². The summed E-state index contributed by atoms with van der Waals surface area (Å²) in [6.07, 6.45) is 2.94. The molecule has 1 saturated heterocycles. The van der Waals surface area contributed by atoms with Crippen molar-refractivity contribution in [3.63, 3.8) is 0 Å². The van der Waals surface area contributed by atoms with E-state index in [2.05, 4.69) is 18.0 Å². The number of benzene rings is 1. The molecule has 2 fully saturated rings. The van der Waals surface area contributed by atoms with Crippen molar-refractivity contribution in [2.75, 3.05) is 27.3 Å². The summed E-state index contributed by atoms with van der Waals surface area (Å²) < 4.78 is 11.6. The van der Waals surface area contributed by atoms with Crippen LogP contribution >= 0.6 is 0 Å². The molecule has 1 aromatic rings. The third-order valence-electron chi connectivity index (χ3n) is 6.70. The molecule has 25 heavy (non-hydrogen) atoms. The fraction of sp³-hybridized carbons (Fsp3) is 0.650. The minimum Gasteiger partial charge on any atom is -0.493 e. The average Bonchev–Trinajstić information content (AvgIpc) is 2.59. The van der Waals surface area contributed by atoms with Crippen LogP contribution in [0.3, 0.4) is 0 Å². The third kappa shape index (κ3) is 2.12. The molecule has 2 aliphatic carbocycles. The van der Waals surface area contributed by atoms with Gasteiger partial charge in [0.2, 0.25) is 0 Å². The van der Waals surface area contributed by atoms with Gasteiger partial charge >= 0.3 is 0 Å². The normalized spacial score (nSPS) is 34.2. The summed E-state index contributed by atoms with van der Waals surface area (Å²) in [7, 11) is 3.72. The largest absolute Gasteiger partial charge is 0.493 e. The molecular weight excluding hydrogens is 318 g/mol. The summed E-state index contributed by atoms with van der Waals surface area (Å²) in [4.78, 5) is 14.7. The number of hydrogen-bond acceptors (Lipinski definition) is 5. The monoisotopic (exact) mass is 345 g/mol. The Bertz CT molecular complexity index is 718. The molecule has 1 aliphatic heterocycles. The summed E-state index contributed by atoms with van der Waals surface area (Å²) in [5.74, 6) is 1.65. The lowest BCUT2D eigenvalue weighted by Gasteiger charge is -2.63. The minimum absolute atomic E-state index is 0.0460. The van der Waals surface area contributed by atoms with E-state index in [1.165, 1.54) is 5.56 Å². The van der Waals surface area contributed by atoms with E-state index in [9.17, 15) is 9.90 Å². The minimum atomic E-state index is -0.890. The number of Topliss-reactive ketones (excluding diaryl/α,β-unsaturated/α-hetero) is 1. The van der Waals surface area contributed by atoms with Crippen molar-refractivity contribution in [3.8, 4) is 11.5 Å². The Morgan fingerprint density at radius 1 is 1.36 bits per heavy atom. The first-order valence-electron chi connectivity index (χ1n) is 9.24. The van der Waals surface area contributed by atoms with E-state index in [4.69, 9.17) is 9.47 Å². The maximum Gasteiger partial charge on any atom is 0.165 e. The summed E-state index contributed by atoms with van der Waals surface area (Å²) in [6, 6.07) is 4.08. The molecule has 4 rings (SSSR count). The second kappa shape index (κ2) is 5.71. The molecular formula is C20H27NO4. The Labute approximate surface area is 148 Å².